The number of fused-ring (bicyclic) bond motifs is 8. The molecular weight excluding hydrogens is 755 g/mol. The number of hydrogen-bond acceptors (Lipinski definition) is 9. The Morgan fingerprint density at radius 1 is 0.644 bits per heavy atom. The first-order valence-electron chi connectivity index (χ1n) is 20.2. The summed E-state index contributed by atoms with van der Waals surface area (Å²) < 4.78 is 0. The maximum absolute atomic E-state index is 15.1. The third-order valence-corrected chi connectivity index (χ3v) is 14.4. The standard InChI is InChI=1S/C44H53N7O8/c1-26(35(45)52)41(3)24-28-14-18-30(19-15-28)43(41,37(54)47-39(56)57)49-22-8-12-33(49)51(32-10-6-5-7-11-32)34-13-9-23-50(34)44(38(55)48-40(58)59)31-20-16-29(17-21-31)25-42(44,4)27(2)36(46)53/h5-7,10-11,14-21,26-27,33-34H,8-9,12-13,22-25H2,1-4H3,(H2,45,52)(H2,46,53)(H,47,54)(H,48,55)(H,56,57)(H,58,59)/t26?,27?,33?,34?,41-,42-,43-,44-/m0/s1. The zero-order chi connectivity index (χ0) is 42.7. The van der Waals surface area contributed by atoms with Gasteiger partial charge in [-0.2, -0.15) is 0 Å². The Bertz CT molecular complexity index is 2040. The van der Waals surface area contributed by atoms with Gasteiger partial charge in [0.05, 0.1) is 12.3 Å². The molecule has 8 N–H and O–H groups in total. The molecule has 0 spiro atoms. The highest BCUT2D eigenvalue weighted by molar-refractivity contribution is 6.00. The molecule has 15 heteroatoms. The van der Waals surface area contributed by atoms with E-state index < -0.39 is 81.9 Å². The Morgan fingerprint density at radius 2 is 1.02 bits per heavy atom. The Morgan fingerprint density at radius 3 is 1.36 bits per heavy atom. The minimum atomic E-state index is -1.77. The van der Waals surface area contributed by atoms with Crippen molar-refractivity contribution in [2.45, 2.75) is 89.6 Å². The minimum absolute atomic E-state index is 0.225. The number of anilines is 1. The highest BCUT2D eigenvalue weighted by Crippen LogP contribution is 2.59. The first kappa shape index (κ1) is 41.4. The number of amides is 6. The van der Waals surface area contributed by atoms with Crippen LogP contribution in [-0.2, 0) is 43.1 Å². The van der Waals surface area contributed by atoms with E-state index in [0.29, 0.717) is 49.9 Å². The maximum Gasteiger partial charge on any atom is 0.411 e. The number of carbonyl (C=O) groups is 6. The summed E-state index contributed by atoms with van der Waals surface area (Å²) in [4.78, 5) is 88.1. The molecule has 2 aliphatic heterocycles. The lowest BCUT2D eigenvalue weighted by Gasteiger charge is -2.59. The van der Waals surface area contributed by atoms with Gasteiger partial charge < -0.3 is 26.6 Å². The molecule has 4 bridgehead atoms. The van der Waals surface area contributed by atoms with Crippen LogP contribution in [0.25, 0.3) is 0 Å². The van der Waals surface area contributed by atoms with E-state index in [4.69, 9.17) is 11.5 Å². The third-order valence-electron chi connectivity index (χ3n) is 14.4. The number of carbonyl (C=O) groups excluding carboxylic acids is 4. The number of hydrogen-bond donors (Lipinski definition) is 6. The Hall–Kier alpha value is -5.80. The van der Waals surface area contributed by atoms with Gasteiger partial charge in [0, 0.05) is 41.4 Å². The van der Waals surface area contributed by atoms with Gasteiger partial charge in [-0.05, 0) is 72.9 Å². The summed E-state index contributed by atoms with van der Waals surface area (Å²) in [5.41, 5.74) is 9.53. The van der Waals surface area contributed by atoms with Crippen LogP contribution < -0.4 is 27.0 Å². The fraction of sp³-hybridized carbons (Fsp3) is 0.455. The fourth-order valence-corrected chi connectivity index (χ4v) is 11.5. The number of likely N-dealkylation sites (tertiary alicyclic amines) is 2. The largest absolute Gasteiger partial charge is 0.465 e. The van der Waals surface area contributed by atoms with Crippen molar-refractivity contribution in [3.8, 4) is 0 Å². The van der Waals surface area contributed by atoms with Crippen molar-refractivity contribution in [3.63, 3.8) is 0 Å². The Balaban J connectivity index is 1.50. The van der Waals surface area contributed by atoms with Gasteiger partial charge in [0.2, 0.25) is 11.8 Å². The molecule has 0 radical (unpaired) electrons. The van der Waals surface area contributed by atoms with Gasteiger partial charge in [-0.1, -0.05) is 94.4 Å². The molecule has 4 unspecified atom stereocenters. The van der Waals surface area contributed by atoms with Crippen molar-refractivity contribution >= 4 is 41.5 Å². The van der Waals surface area contributed by atoms with Gasteiger partial charge in [0.1, 0.15) is 11.1 Å². The summed E-state index contributed by atoms with van der Waals surface area (Å²) >= 11 is 0. The van der Waals surface area contributed by atoms with E-state index in [1.54, 1.807) is 13.8 Å². The van der Waals surface area contributed by atoms with Crippen LogP contribution >= 0.6 is 0 Å². The molecule has 3 aromatic carbocycles. The van der Waals surface area contributed by atoms with Crippen molar-refractivity contribution < 1.29 is 39.0 Å². The van der Waals surface area contributed by atoms with E-state index in [1.807, 2.05) is 103 Å². The number of para-hydroxylation sites is 1. The summed E-state index contributed by atoms with van der Waals surface area (Å²) in [6.45, 7) is 7.64. The van der Waals surface area contributed by atoms with Gasteiger partial charge in [-0.25, -0.2) is 9.59 Å². The molecule has 312 valence electrons. The van der Waals surface area contributed by atoms with Crippen molar-refractivity contribution in [1.82, 2.24) is 20.4 Å². The van der Waals surface area contributed by atoms with Gasteiger partial charge in [0.15, 0.2) is 0 Å². The van der Waals surface area contributed by atoms with E-state index in [1.165, 1.54) is 0 Å². The third kappa shape index (κ3) is 6.15. The summed E-state index contributed by atoms with van der Waals surface area (Å²) in [6.07, 6.45) is -1.86. The van der Waals surface area contributed by atoms with E-state index >= 15 is 9.59 Å². The Kier molecular flexibility index (Phi) is 10.6. The lowest BCUT2D eigenvalue weighted by molar-refractivity contribution is -0.157. The number of imide groups is 2. The maximum atomic E-state index is 15.1. The molecule has 0 aromatic heterocycles. The molecule has 8 atom stereocenters. The van der Waals surface area contributed by atoms with Crippen molar-refractivity contribution in [3.05, 3.63) is 101 Å². The molecule has 6 amide bonds. The molecule has 2 saturated heterocycles. The summed E-state index contributed by atoms with van der Waals surface area (Å²) in [5, 5.41) is 24.7. The van der Waals surface area contributed by atoms with Crippen LogP contribution in [0, 0.1) is 22.7 Å². The second kappa shape index (κ2) is 15.1. The average Bonchev–Trinajstić information content (AvgIpc) is 3.76. The second-order valence-electron chi connectivity index (χ2n) is 17.1. The molecule has 0 saturated carbocycles. The van der Waals surface area contributed by atoms with Crippen LogP contribution in [-0.4, -0.2) is 81.2 Å². The van der Waals surface area contributed by atoms with Crippen molar-refractivity contribution in [2.75, 3.05) is 18.0 Å². The van der Waals surface area contributed by atoms with Crippen LogP contribution in [0.5, 0.6) is 0 Å². The molecule has 9 rings (SSSR count). The molecule has 4 aliphatic carbocycles. The highest BCUT2D eigenvalue weighted by atomic mass is 16.4. The number of nitrogens with zero attached hydrogens (tertiary/aromatic N) is 3. The molecule has 59 heavy (non-hydrogen) atoms. The van der Waals surface area contributed by atoms with E-state index in [9.17, 15) is 29.4 Å². The average molecular weight is 808 g/mol. The molecule has 6 aliphatic rings. The second-order valence-corrected chi connectivity index (χ2v) is 17.1. The number of primary amides is 2. The fourth-order valence-electron chi connectivity index (χ4n) is 11.5. The van der Waals surface area contributed by atoms with Crippen molar-refractivity contribution in [2.24, 2.45) is 34.1 Å². The predicted molar refractivity (Wildman–Crippen MR) is 217 cm³/mol. The number of benzene rings is 3. The van der Waals surface area contributed by atoms with E-state index in [0.717, 1.165) is 16.8 Å². The van der Waals surface area contributed by atoms with Gasteiger partial charge in [-0.15, -0.1) is 0 Å². The first-order valence-corrected chi connectivity index (χ1v) is 20.2. The van der Waals surface area contributed by atoms with Crippen LogP contribution in [0.2, 0.25) is 0 Å². The summed E-state index contributed by atoms with van der Waals surface area (Å²) in [6, 6.07) is 24.3. The molecule has 3 aromatic rings. The first-order chi connectivity index (χ1) is 27.9. The van der Waals surface area contributed by atoms with Crippen LogP contribution in [0.1, 0.15) is 75.6 Å². The predicted octanol–water partition coefficient (Wildman–Crippen LogP) is 4.08. The summed E-state index contributed by atoms with van der Waals surface area (Å²) in [7, 11) is 0. The SMILES string of the molecule is CC(C(N)=O)[C@]1(C)Cc2ccc(cc2)[C@@]1(C(=O)NC(=O)O)N1CCCC1N(c1ccccc1)C1CCCN1[C@]1(C(=O)NC(=O)O)c2ccc(cc2)C[C@@]1(C)C(C)C(N)=O. The molecule has 2 heterocycles. The number of nitrogens with two attached hydrogens (primary N) is 2. The van der Waals surface area contributed by atoms with E-state index in [-0.39, 0.29) is 12.8 Å². The molecular formula is C44H53N7O8. The lowest BCUT2D eigenvalue weighted by Crippen LogP contribution is -2.73. The van der Waals surface area contributed by atoms with Gasteiger partial charge in [0.25, 0.3) is 11.8 Å². The zero-order valence-corrected chi connectivity index (χ0v) is 33.8. The molecule has 2 fully saturated rings. The zero-order valence-electron chi connectivity index (χ0n) is 33.8. The quantitative estimate of drug-likeness (QED) is 0.162. The topological polar surface area (TPSA) is 229 Å². The van der Waals surface area contributed by atoms with Crippen LogP contribution in [0.4, 0.5) is 15.3 Å². The van der Waals surface area contributed by atoms with Gasteiger partial charge in [-0.3, -0.25) is 39.6 Å². The highest BCUT2D eigenvalue weighted by Gasteiger charge is 2.68. The van der Waals surface area contributed by atoms with Crippen LogP contribution in [0.3, 0.4) is 0 Å². The van der Waals surface area contributed by atoms with Crippen molar-refractivity contribution in [1.29, 1.82) is 0 Å². The molecule has 15 nitrogen and oxygen atoms in total. The smallest absolute Gasteiger partial charge is 0.411 e. The van der Waals surface area contributed by atoms with Gasteiger partial charge >= 0.3 is 12.2 Å². The Labute approximate surface area is 343 Å². The minimum Gasteiger partial charge on any atom is -0.465 e. The number of carboxylic acid groups (broad SMARTS) is 2. The summed E-state index contributed by atoms with van der Waals surface area (Å²) in [5.74, 6) is -4.77. The normalized spacial score (nSPS) is 29.8. The monoisotopic (exact) mass is 807 g/mol. The number of rotatable bonds is 11. The lowest BCUT2D eigenvalue weighted by atomic mass is 9.58. The van der Waals surface area contributed by atoms with E-state index in [2.05, 4.69) is 15.5 Å². The van der Waals surface area contributed by atoms with Crippen LogP contribution in [0.15, 0.2) is 78.9 Å². The number of nitrogens with one attached hydrogen (secondary N) is 2.